The lowest BCUT2D eigenvalue weighted by molar-refractivity contribution is -0.385. The molecule has 8 heteroatoms. The standard InChI is InChI=1S/C19H12FN3O3S/c1-11-2-4-12(5-3-11)14-9-27-19-17(14)18(21-10-22-19)26-16-8-13(20)6-7-15(16)23(24)25/h2-10H,1H3. The van der Waals surface area contributed by atoms with E-state index in [9.17, 15) is 14.5 Å². The third-order valence-corrected chi connectivity index (χ3v) is 4.91. The van der Waals surface area contributed by atoms with Gasteiger partial charge in [0, 0.05) is 23.1 Å². The van der Waals surface area contributed by atoms with Gasteiger partial charge in [-0.05, 0) is 18.6 Å². The van der Waals surface area contributed by atoms with E-state index in [4.69, 9.17) is 4.74 Å². The molecule has 0 radical (unpaired) electrons. The van der Waals surface area contributed by atoms with Gasteiger partial charge in [-0.1, -0.05) is 29.8 Å². The molecule has 2 aromatic heterocycles. The smallest absolute Gasteiger partial charge is 0.311 e. The van der Waals surface area contributed by atoms with Crippen molar-refractivity contribution in [3.63, 3.8) is 0 Å². The van der Waals surface area contributed by atoms with E-state index >= 15 is 0 Å². The van der Waals surface area contributed by atoms with Crippen LogP contribution in [0.1, 0.15) is 5.56 Å². The van der Waals surface area contributed by atoms with E-state index in [-0.39, 0.29) is 17.3 Å². The first-order valence-corrected chi connectivity index (χ1v) is 8.82. The number of ether oxygens (including phenoxy) is 1. The van der Waals surface area contributed by atoms with Gasteiger partial charge in [-0.25, -0.2) is 14.4 Å². The fourth-order valence-corrected chi connectivity index (χ4v) is 3.60. The van der Waals surface area contributed by atoms with Crippen LogP contribution >= 0.6 is 11.3 Å². The monoisotopic (exact) mass is 381 g/mol. The van der Waals surface area contributed by atoms with E-state index < -0.39 is 10.7 Å². The molecule has 134 valence electrons. The number of hydrogen-bond donors (Lipinski definition) is 0. The van der Waals surface area contributed by atoms with Gasteiger partial charge in [0.1, 0.15) is 17.0 Å². The van der Waals surface area contributed by atoms with E-state index in [0.717, 1.165) is 34.9 Å². The van der Waals surface area contributed by atoms with Crippen molar-refractivity contribution in [2.45, 2.75) is 6.92 Å². The minimum absolute atomic E-state index is 0.144. The maximum atomic E-state index is 13.6. The first-order chi connectivity index (χ1) is 13.0. The van der Waals surface area contributed by atoms with Crippen molar-refractivity contribution in [3.8, 4) is 22.8 Å². The van der Waals surface area contributed by atoms with Crippen LogP contribution in [0, 0.1) is 22.9 Å². The number of benzene rings is 2. The first-order valence-electron chi connectivity index (χ1n) is 7.94. The Balaban J connectivity index is 1.86. The highest BCUT2D eigenvalue weighted by Crippen LogP contribution is 2.40. The van der Waals surface area contributed by atoms with Crippen molar-refractivity contribution in [1.82, 2.24) is 9.97 Å². The number of thiophene rings is 1. The molecule has 0 fully saturated rings. The zero-order valence-corrected chi connectivity index (χ0v) is 14.9. The average Bonchev–Trinajstić information content (AvgIpc) is 3.07. The van der Waals surface area contributed by atoms with Crippen molar-refractivity contribution in [3.05, 3.63) is 75.7 Å². The Morgan fingerprint density at radius 3 is 2.67 bits per heavy atom. The van der Waals surface area contributed by atoms with Crippen LogP contribution in [0.5, 0.6) is 11.6 Å². The number of aryl methyl sites for hydroxylation is 1. The van der Waals surface area contributed by atoms with Gasteiger partial charge in [-0.15, -0.1) is 11.3 Å². The number of fused-ring (bicyclic) bond motifs is 1. The molecule has 0 aliphatic carbocycles. The number of nitro groups is 1. The van der Waals surface area contributed by atoms with Crippen molar-refractivity contribution >= 4 is 27.2 Å². The fourth-order valence-electron chi connectivity index (χ4n) is 2.70. The third-order valence-electron chi connectivity index (χ3n) is 4.02. The van der Waals surface area contributed by atoms with Crippen molar-refractivity contribution in [2.24, 2.45) is 0 Å². The number of nitro benzene ring substituents is 1. The molecular weight excluding hydrogens is 369 g/mol. The summed E-state index contributed by atoms with van der Waals surface area (Å²) in [5.41, 5.74) is 2.58. The van der Waals surface area contributed by atoms with E-state index in [0.29, 0.717) is 10.2 Å². The summed E-state index contributed by atoms with van der Waals surface area (Å²) >= 11 is 1.41. The highest BCUT2D eigenvalue weighted by Gasteiger charge is 2.20. The summed E-state index contributed by atoms with van der Waals surface area (Å²) in [5.74, 6) is -0.698. The Kier molecular flexibility index (Phi) is 4.25. The molecule has 0 bridgehead atoms. The van der Waals surface area contributed by atoms with E-state index in [1.807, 2.05) is 36.6 Å². The van der Waals surface area contributed by atoms with E-state index in [1.165, 1.54) is 17.7 Å². The van der Waals surface area contributed by atoms with Crippen LogP contribution < -0.4 is 4.74 Å². The highest BCUT2D eigenvalue weighted by atomic mass is 32.1. The number of hydrogen-bond acceptors (Lipinski definition) is 6. The fraction of sp³-hybridized carbons (Fsp3) is 0.0526. The Morgan fingerprint density at radius 1 is 1.15 bits per heavy atom. The van der Waals surface area contributed by atoms with Gasteiger partial charge in [0.2, 0.25) is 11.6 Å². The molecule has 4 rings (SSSR count). The summed E-state index contributed by atoms with van der Waals surface area (Å²) in [4.78, 5) is 19.7. The van der Waals surface area contributed by atoms with Gasteiger partial charge in [0.25, 0.3) is 0 Å². The topological polar surface area (TPSA) is 78.2 Å². The van der Waals surface area contributed by atoms with Gasteiger partial charge in [0.05, 0.1) is 10.3 Å². The Bertz CT molecular complexity index is 1160. The molecule has 6 nitrogen and oxygen atoms in total. The molecule has 0 unspecified atom stereocenters. The van der Waals surface area contributed by atoms with Crippen molar-refractivity contribution in [1.29, 1.82) is 0 Å². The minimum atomic E-state index is -0.634. The molecule has 27 heavy (non-hydrogen) atoms. The van der Waals surface area contributed by atoms with Crippen LogP contribution in [-0.2, 0) is 0 Å². The normalized spacial score (nSPS) is 10.9. The molecule has 0 aliphatic rings. The number of rotatable bonds is 4. The number of aromatic nitrogens is 2. The van der Waals surface area contributed by atoms with E-state index in [1.54, 1.807) is 0 Å². The van der Waals surface area contributed by atoms with Gasteiger partial charge >= 0.3 is 5.69 Å². The van der Waals surface area contributed by atoms with Crippen molar-refractivity contribution < 1.29 is 14.1 Å². The van der Waals surface area contributed by atoms with Crippen LogP contribution in [0.15, 0.2) is 54.2 Å². The number of halogens is 1. The first kappa shape index (κ1) is 17.0. The zero-order valence-electron chi connectivity index (χ0n) is 14.0. The van der Waals surface area contributed by atoms with Crippen LogP contribution in [-0.4, -0.2) is 14.9 Å². The number of nitrogens with zero attached hydrogens (tertiary/aromatic N) is 3. The van der Waals surface area contributed by atoms with Gasteiger partial charge in [-0.2, -0.15) is 0 Å². The van der Waals surface area contributed by atoms with E-state index in [2.05, 4.69) is 9.97 Å². The SMILES string of the molecule is Cc1ccc(-c2csc3ncnc(Oc4cc(F)ccc4[N+](=O)[O-])c23)cc1. The molecular formula is C19H12FN3O3S. The maximum absolute atomic E-state index is 13.6. The molecule has 0 aliphatic heterocycles. The van der Waals surface area contributed by atoms with Crippen LogP contribution in [0.3, 0.4) is 0 Å². The molecule has 0 saturated heterocycles. The Morgan fingerprint density at radius 2 is 1.93 bits per heavy atom. The molecule has 2 heterocycles. The Labute approximate surface area is 157 Å². The second-order valence-electron chi connectivity index (χ2n) is 5.85. The molecule has 0 atom stereocenters. The molecule has 2 aromatic carbocycles. The zero-order chi connectivity index (χ0) is 19.0. The minimum Gasteiger partial charge on any atom is -0.431 e. The van der Waals surface area contributed by atoms with Crippen LogP contribution in [0.25, 0.3) is 21.3 Å². The second kappa shape index (κ2) is 6.73. The summed E-state index contributed by atoms with van der Waals surface area (Å²) in [6, 6.07) is 11.0. The van der Waals surface area contributed by atoms with Gasteiger partial charge in [0.15, 0.2) is 0 Å². The third kappa shape index (κ3) is 3.22. The van der Waals surface area contributed by atoms with Crippen LogP contribution in [0.2, 0.25) is 0 Å². The molecule has 4 aromatic rings. The molecule has 0 spiro atoms. The lowest BCUT2D eigenvalue weighted by Gasteiger charge is -2.08. The summed E-state index contributed by atoms with van der Waals surface area (Å²) in [6.07, 6.45) is 1.32. The second-order valence-corrected chi connectivity index (χ2v) is 6.70. The molecule has 0 N–H and O–H groups in total. The van der Waals surface area contributed by atoms with Gasteiger partial charge < -0.3 is 4.74 Å². The van der Waals surface area contributed by atoms with Gasteiger partial charge in [-0.3, -0.25) is 10.1 Å². The molecule has 0 saturated carbocycles. The quantitative estimate of drug-likeness (QED) is 0.344. The highest BCUT2D eigenvalue weighted by molar-refractivity contribution is 7.17. The Hall–Kier alpha value is -3.39. The maximum Gasteiger partial charge on any atom is 0.311 e. The van der Waals surface area contributed by atoms with Crippen molar-refractivity contribution in [2.75, 3.05) is 0 Å². The summed E-state index contributed by atoms with van der Waals surface area (Å²) in [7, 11) is 0. The lowest BCUT2D eigenvalue weighted by Crippen LogP contribution is -1.96. The summed E-state index contributed by atoms with van der Waals surface area (Å²) in [5, 5.41) is 13.8. The average molecular weight is 381 g/mol. The summed E-state index contributed by atoms with van der Waals surface area (Å²) < 4.78 is 19.3. The predicted octanol–water partition coefficient (Wildman–Crippen LogP) is 5.51. The predicted molar refractivity (Wildman–Crippen MR) is 101 cm³/mol. The van der Waals surface area contributed by atoms with Crippen LogP contribution in [0.4, 0.5) is 10.1 Å². The lowest BCUT2D eigenvalue weighted by atomic mass is 10.0. The summed E-state index contributed by atoms with van der Waals surface area (Å²) in [6.45, 7) is 2.00. The molecule has 0 amide bonds. The largest absolute Gasteiger partial charge is 0.431 e.